The molecule has 0 spiro atoms. The van der Waals surface area contributed by atoms with E-state index in [0.717, 1.165) is 22.3 Å². The van der Waals surface area contributed by atoms with Crippen molar-refractivity contribution in [2.24, 2.45) is 5.73 Å². The quantitative estimate of drug-likeness (QED) is 0.804. The van der Waals surface area contributed by atoms with Crippen molar-refractivity contribution in [2.75, 3.05) is 0 Å². The average Bonchev–Trinajstić information content (AvgIpc) is 2.94. The molecule has 0 unspecified atom stereocenters. The van der Waals surface area contributed by atoms with Crippen LogP contribution in [0.1, 0.15) is 21.8 Å². The number of benzene rings is 2. The Kier molecular flexibility index (Phi) is 3.47. The minimum absolute atomic E-state index is 0.390. The minimum Gasteiger partial charge on any atom is -0.421 e. The Morgan fingerprint density at radius 2 is 1.77 bits per heavy atom. The number of nitrogens with two attached hydrogens (primary N) is 1. The Morgan fingerprint density at radius 1 is 1.09 bits per heavy atom. The first kappa shape index (κ1) is 14.0. The summed E-state index contributed by atoms with van der Waals surface area (Å²) in [6.45, 7) is 3.68. The molecular formula is C17H14N3O2. The summed E-state index contributed by atoms with van der Waals surface area (Å²) in [6.07, 6.45) is 0. The second-order valence-corrected chi connectivity index (χ2v) is 4.98. The molecule has 1 amide bonds. The van der Waals surface area contributed by atoms with Crippen molar-refractivity contribution >= 4 is 5.91 Å². The Balaban J connectivity index is 2.06. The van der Waals surface area contributed by atoms with Gasteiger partial charge < -0.3 is 10.2 Å². The Morgan fingerprint density at radius 3 is 2.36 bits per heavy atom. The van der Waals surface area contributed by atoms with Gasteiger partial charge in [0.05, 0.1) is 5.56 Å². The number of amides is 1. The fraction of sp³-hybridized carbons (Fsp3) is 0.118. The molecular weight excluding hydrogens is 278 g/mol. The molecule has 0 aliphatic heterocycles. The number of hydrogen-bond acceptors (Lipinski definition) is 4. The third-order valence-electron chi connectivity index (χ3n) is 3.40. The molecule has 2 N–H and O–H groups in total. The lowest BCUT2D eigenvalue weighted by Gasteiger charge is -2.10. The summed E-state index contributed by atoms with van der Waals surface area (Å²) in [5.74, 6) is 0.495. The van der Waals surface area contributed by atoms with Gasteiger partial charge in [0.1, 0.15) is 0 Å². The summed E-state index contributed by atoms with van der Waals surface area (Å²) < 4.78 is 5.40. The standard InChI is InChI=1S/C17H14N3O2/c1-10-4-3-5-14(16(18)21)15(10)12-6-8-13(9-7-12)17-20-19-11(2)22-17/h3-4,6-9H,1-2H3,(H2,18,21). The van der Waals surface area contributed by atoms with Gasteiger partial charge in [-0.05, 0) is 41.8 Å². The average molecular weight is 292 g/mol. The van der Waals surface area contributed by atoms with E-state index in [2.05, 4.69) is 16.3 Å². The van der Waals surface area contributed by atoms with Crippen LogP contribution in [0.15, 0.2) is 40.8 Å². The molecule has 3 rings (SSSR count). The van der Waals surface area contributed by atoms with Gasteiger partial charge >= 0.3 is 0 Å². The molecule has 0 aliphatic carbocycles. The van der Waals surface area contributed by atoms with Gasteiger partial charge in [-0.25, -0.2) is 0 Å². The third kappa shape index (κ3) is 2.48. The van der Waals surface area contributed by atoms with E-state index in [1.807, 2.05) is 37.3 Å². The number of carbonyl (C=O) groups excluding carboxylic acids is 1. The number of primary amides is 1. The van der Waals surface area contributed by atoms with Crippen LogP contribution in [0.4, 0.5) is 0 Å². The summed E-state index contributed by atoms with van der Waals surface area (Å²) in [6, 6.07) is 14.1. The largest absolute Gasteiger partial charge is 0.421 e. The summed E-state index contributed by atoms with van der Waals surface area (Å²) in [5, 5.41) is 7.80. The monoisotopic (exact) mass is 292 g/mol. The van der Waals surface area contributed by atoms with Crippen molar-refractivity contribution in [3.05, 3.63) is 59.5 Å². The number of aromatic nitrogens is 2. The molecule has 3 aromatic rings. The van der Waals surface area contributed by atoms with E-state index in [1.54, 1.807) is 13.0 Å². The highest BCUT2D eigenvalue weighted by Crippen LogP contribution is 2.29. The number of aryl methyl sites for hydroxylation is 2. The van der Waals surface area contributed by atoms with Gasteiger partial charge in [-0.2, -0.15) is 0 Å². The van der Waals surface area contributed by atoms with E-state index in [0.29, 0.717) is 17.3 Å². The molecule has 5 heteroatoms. The highest BCUT2D eigenvalue weighted by molar-refractivity contribution is 6.00. The number of rotatable bonds is 3. The van der Waals surface area contributed by atoms with Crippen molar-refractivity contribution in [3.63, 3.8) is 0 Å². The maximum atomic E-state index is 11.6. The van der Waals surface area contributed by atoms with Crippen LogP contribution in [0.5, 0.6) is 0 Å². The van der Waals surface area contributed by atoms with Crippen LogP contribution in [0.25, 0.3) is 22.6 Å². The lowest BCUT2D eigenvalue weighted by atomic mass is 9.94. The molecule has 1 radical (unpaired) electrons. The molecule has 0 atom stereocenters. The van der Waals surface area contributed by atoms with Crippen LogP contribution in [0, 0.1) is 19.9 Å². The predicted molar refractivity (Wildman–Crippen MR) is 82.0 cm³/mol. The van der Waals surface area contributed by atoms with Crippen LogP contribution >= 0.6 is 0 Å². The van der Waals surface area contributed by atoms with Crippen LogP contribution in [0.2, 0.25) is 0 Å². The number of hydrogen-bond donors (Lipinski definition) is 1. The topological polar surface area (TPSA) is 82.0 Å². The fourth-order valence-electron chi connectivity index (χ4n) is 2.36. The summed E-state index contributed by atoms with van der Waals surface area (Å²) in [5.41, 5.74) is 9.31. The molecule has 0 aliphatic rings. The molecule has 5 nitrogen and oxygen atoms in total. The van der Waals surface area contributed by atoms with Gasteiger partial charge in [-0.15, -0.1) is 10.2 Å². The third-order valence-corrected chi connectivity index (χ3v) is 3.40. The lowest BCUT2D eigenvalue weighted by molar-refractivity contribution is 0.100. The molecule has 22 heavy (non-hydrogen) atoms. The zero-order valence-corrected chi connectivity index (χ0v) is 12.3. The first-order valence-corrected chi connectivity index (χ1v) is 6.78. The molecule has 1 aromatic heterocycles. The number of carbonyl (C=O) groups is 1. The van der Waals surface area contributed by atoms with Crippen molar-refractivity contribution in [1.29, 1.82) is 0 Å². The molecule has 109 valence electrons. The fourth-order valence-corrected chi connectivity index (χ4v) is 2.36. The van der Waals surface area contributed by atoms with E-state index < -0.39 is 5.91 Å². The lowest BCUT2D eigenvalue weighted by Crippen LogP contribution is -2.13. The SMILES string of the molecule is Cc1nnc(-c2ccc(-c3c(C(N)=O)[c]ccc3C)cc2)o1. The first-order chi connectivity index (χ1) is 10.6. The highest BCUT2D eigenvalue weighted by Gasteiger charge is 2.13. The van der Waals surface area contributed by atoms with Gasteiger partial charge in [0, 0.05) is 12.5 Å². The van der Waals surface area contributed by atoms with Crippen LogP contribution < -0.4 is 5.73 Å². The molecule has 0 saturated heterocycles. The van der Waals surface area contributed by atoms with Gasteiger partial charge in [-0.1, -0.05) is 24.3 Å². The van der Waals surface area contributed by atoms with Gasteiger partial charge in [0.25, 0.3) is 0 Å². The zero-order chi connectivity index (χ0) is 15.7. The van der Waals surface area contributed by atoms with Gasteiger partial charge in [-0.3, -0.25) is 4.79 Å². The highest BCUT2D eigenvalue weighted by atomic mass is 16.4. The van der Waals surface area contributed by atoms with Crippen molar-refractivity contribution < 1.29 is 9.21 Å². The molecule has 1 heterocycles. The predicted octanol–water partition coefficient (Wildman–Crippen LogP) is 2.92. The molecule has 0 bridgehead atoms. The zero-order valence-electron chi connectivity index (χ0n) is 12.3. The van der Waals surface area contributed by atoms with Crippen LogP contribution in [-0.4, -0.2) is 16.1 Å². The first-order valence-electron chi connectivity index (χ1n) is 6.78. The summed E-state index contributed by atoms with van der Waals surface area (Å²) >= 11 is 0. The minimum atomic E-state index is -0.490. The van der Waals surface area contributed by atoms with Gasteiger partial charge in [0.2, 0.25) is 17.7 Å². The Hall–Kier alpha value is -2.95. The van der Waals surface area contributed by atoms with Gasteiger partial charge in [0.15, 0.2) is 0 Å². The van der Waals surface area contributed by atoms with E-state index in [9.17, 15) is 4.79 Å². The second-order valence-electron chi connectivity index (χ2n) is 4.98. The van der Waals surface area contributed by atoms with E-state index in [1.165, 1.54) is 0 Å². The molecule has 2 aromatic carbocycles. The van der Waals surface area contributed by atoms with E-state index >= 15 is 0 Å². The maximum Gasteiger partial charge on any atom is 0.249 e. The van der Waals surface area contributed by atoms with Crippen LogP contribution in [0.3, 0.4) is 0 Å². The second kappa shape index (κ2) is 5.44. The van der Waals surface area contributed by atoms with Crippen molar-refractivity contribution in [1.82, 2.24) is 10.2 Å². The van der Waals surface area contributed by atoms with Crippen LogP contribution in [-0.2, 0) is 0 Å². The summed E-state index contributed by atoms with van der Waals surface area (Å²) in [7, 11) is 0. The van der Waals surface area contributed by atoms with Crippen molar-refractivity contribution in [3.8, 4) is 22.6 Å². The maximum absolute atomic E-state index is 11.6. The Labute approximate surface area is 127 Å². The van der Waals surface area contributed by atoms with E-state index in [4.69, 9.17) is 10.2 Å². The Bertz CT molecular complexity index is 835. The molecule has 0 saturated carbocycles. The normalized spacial score (nSPS) is 10.6. The smallest absolute Gasteiger partial charge is 0.249 e. The summed E-state index contributed by atoms with van der Waals surface area (Å²) in [4.78, 5) is 11.6. The molecule has 0 fully saturated rings. The van der Waals surface area contributed by atoms with Crippen molar-refractivity contribution in [2.45, 2.75) is 13.8 Å². The van der Waals surface area contributed by atoms with E-state index in [-0.39, 0.29) is 0 Å². The number of nitrogens with zero attached hydrogens (tertiary/aromatic N) is 2.